The Morgan fingerprint density at radius 1 is 1.33 bits per heavy atom. The van der Waals surface area contributed by atoms with Gasteiger partial charge in [0.2, 0.25) is 0 Å². The van der Waals surface area contributed by atoms with Crippen molar-refractivity contribution in [3.8, 4) is 10.8 Å². The molecular formula is C18H24N4O4S. The van der Waals surface area contributed by atoms with Crippen molar-refractivity contribution in [2.45, 2.75) is 27.2 Å². The zero-order valence-electron chi connectivity index (χ0n) is 15.7. The third-order valence-electron chi connectivity index (χ3n) is 3.87. The van der Waals surface area contributed by atoms with Gasteiger partial charge in [-0.2, -0.15) is 0 Å². The number of carboxylic acids is 1. The van der Waals surface area contributed by atoms with Crippen LogP contribution in [0, 0.1) is 12.8 Å². The molecule has 1 N–H and O–H groups in total. The highest BCUT2D eigenvalue weighted by Gasteiger charge is 2.25. The van der Waals surface area contributed by atoms with E-state index in [-0.39, 0.29) is 12.5 Å². The molecule has 27 heavy (non-hydrogen) atoms. The Bertz CT molecular complexity index is 766. The summed E-state index contributed by atoms with van der Waals surface area (Å²) in [4.78, 5) is 39.1. The number of aromatic nitrogens is 3. The monoisotopic (exact) mass is 392 g/mol. The SMILES string of the molecule is CCOCCCN(CC(C)C(=O)O)C(=O)c1sc(-c2ncccn2)nc1C. The van der Waals surface area contributed by atoms with Gasteiger partial charge < -0.3 is 14.7 Å². The van der Waals surface area contributed by atoms with Gasteiger partial charge in [0.1, 0.15) is 4.88 Å². The van der Waals surface area contributed by atoms with E-state index in [0.29, 0.717) is 47.6 Å². The summed E-state index contributed by atoms with van der Waals surface area (Å²) in [6.45, 7) is 6.94. The lowest BCUT2D eigenvalue weighted by molar-refractivity contribution is -0.141. The van der Waals surface area contributed by atoms with E-state index in [1.54, 1.807) is 37.2 Å². The molecule has 2 aromatic heterocycles. The number of aryl methyl sites for hydroxylation is 1. The second kappa shape index (κ2) is 10.1. The molecule has 0 aliphatic carbocycles. The fourth-order valence-electron chi connectivity index (χ4n) is 2.43. The molecule has 2 rings (SSSR count). The van der Waals surface area contributed by atoms with Gasteiger partial charge in [-0.15, -0.1) is 11.3 Å². The van der Waals surface area contributed by atoms with Crippen LogP contribution in [0.3, 0.4) is 0 Å². The van der Waals surface area contributed by atoms with Gasteiger partial charge in [-0.3, -0.25) is 9.59 Å². The summed E-state index contributed by atoms with van der Waals surface area (Å²) in [6.07, 6.45) is 3.88. The highest BCUT2D eigenvalue weighted by atomic mass is 32.1. The van der Waals surface area contributed by atoms with Crippen LogP contribution < -0.4 is 0 Å². The lowest BCUT2D eigenvalue weighted by Crippen LogP contribution is -2.38. The van der Waals surface area contributed by atoms with E-state index >= 15 is 0 Å². The van der Waals surface area contributed by atoms with Gasteiger partial charge in [0.05, 0.1) is 11.6 Å². The summed E-state index contributed by atoms with van der Waals surface area (Å²) in [5.41, 5.74) is 0.588. The molecule has 1 atom stereocenters. The first-order valence-corrected chi connectivity index (χ1v) is 9.60. The largest absolute Gasteiger partial charge is 0.481 e. The summed E-state index contributed by atoms with van der Waals surface area (Å²) < 4.78 is 5.33. The van der Waals surface area contributed by atoms with Gasteiger partial charge in [0.15, 0.2) is 10.8 Å². The average molecular weight is 392 g/mol. The number of hydrogen-bond acceptors (Lipinski definition) is 7. The minimum absolute atomic E-state index is 0.134. The fourth-order valence-corrected chi connectivity index (χ4v) is 3.41. The van der Waals surface area contributed by atoms with Crippen molar-refractivity contribution in [2.75, 3.05) is 26.3 Å². The quantitative estimate of drug-likeness (QED) is 0.619. The second-order valence-corrected chi connectivity index (χ2v) is 7.05. The Kier molecular flexibility index (Phi) is 7.81. The summed E-state index contributed by atoms with van der Waals surface area (Å²) in [5.74, 6) is -1.36. The highest BCUT2D eigenvalue weighted by molar-refractivity contribution is 7.17. The third-order valence-corrected chi connectivity index (χ3v) is 5.01. The topological polar surface area (TPSA) is 106 Å². The summed E-state index contributed by atoms with van der Waals surface area (Å²) in [7, 11) is 0. The second-order valence-electron chi connectivity index (χ2n) is 6.05. The predicted molar refractivity (Wildman–Crippen MR) is 102 cm³/mol. The molecule has 8 nitrogen and oxygen atoms in total. The zero-order chi connectivity index (χ0) is 19.8. The first kappa shape index (κ1) is 20.9. The maximum atomic E-state index is 13.1. The lowest BCUT2D eigenvalue weighted by atomic mass is 10.1. The molecule has 0 aliphatic heterocycles. The van der Waals surface area contributed by atoms with Gasteiger partial charge in [-0.1, -0.05) is 6.92 Å². The van der Waals surface area contributed by atoms with Gasteiger partial charge in [-0.05, 0) is 26.3 Å². The molecule has 9 heteroatoms. The smallest absolute Gasteiger partial charge is 0.308 e. The van der Waals surface area contributed by atoms with E-state index in [4.69, 9.17) is 4.74 Å². The number of carboxylic acid groups (broad SMARTS) is 1. The van der Waals surface area contributed by atoms with Crippen LogP contribution in [0.1, 0.15) is 35.6 Å². The van der Waals surface area contributed by atoms with E-state index in [1.165, 1.54) is 11.3 Å². The fraction of sp³-hybridized carbons (Fsp3) is 0.500. The van der Waals surface area contributed by atoms with Crippen LogP contribution in [0.2, 0.25) is 0 Å². The van der Waals surface area contributed by atoms with E-state index in [1.807, 2.05) is 6.92 Å². The van der Waals surface area contributed by atoms with Crippen LogP contribution in [-0.2, 0) is 9.53 Å². The number of aliphatic carboxylic acids is 1. The molecule has 0 spiro atoms. The number of carbonyl (C=O) groups excluding carboxylic acids is 1. The maximum Gasteiger partial charge on any atom is 0.308 e. The van der Waals surface area contributed by atoms with E-state index in [2.05, 4.69) is 15.0 Å². The Labute approximate surface area is 162 Å². The van der Waals surface area contributed by atoms with Gasteiger partial charge in [0.25, 0.3) is 5.91 Å². The number of hydrogen-bond donors (Lipinski definition) is 1. The molecule has 0 bridgehead atoms. The summed E-state index contributed by atoms with van der Waals surface area (Å²) in [5, 5.41) is 9.78. The first-order valence-electron chi connectivity index (χ1n) is 8.78. The van der Waals surface area contributed by atoms with Crippen molar-refractivity contribution in [1.82, 2.24) is 19.9 Å². The Hall–Kier alpha value is -2.39. The van der Waals surface area contributed by atoms with Crippen LogP contribution >= 0.6 is 11.3 Å². The molecule has 0 aromatic carbocycles. The third kappa shape index (κ3) is 5.80. The number of nitrogens with zero attached hydrogens (tertiary/aromatic N) is 4. The van der Waals surface area contributed by atoms with Crippen LogP contribution in [0.25, 0.3) is 10.8 Å². The molecule has 0 aliphatic rings. The molecule has 0 saturated carbocycles. The number of ether oxygens (including phenoxy) is 1. The molecule has 2 aromatic rings. The zero-order valence-corrected chi connectivity index (χ0v) is 16.5. The number of amides is 1. The molecule has 2 heterocycles. The molecular weight excluding hydrogens is 368 g/mol. The standard InChI is InChI=1S/C18H24N4O4S/c1-4-26-10-6-9-22(11-12(2)18(24)25)17(23)14-13(3)21-16(27-14)15-19-7-5-8-20-15/h5,7-8,12H,4,6,9-11H2,1-3H3,(H,24,25). The molecule has 0 saturated heterocycles. The normalized spacial score (nSPS) is 12.0. The number of rotatable bonds is 10. The minimum atomic E-state index is -0.933. The Balaban J connectivity index is 2.20. The van der Waals surface area contributed by atoms with Crippen LogP contribution in [0.4, 0.5) is 0 Å². The van der Waals surface area contributed by atoms with Crippen molar-refractivity contribution < 1.29 is 19.4 Å². The van der Waals surface area contributed by atoms with E-state index in [0.717, 1.165) is 0 Å². The first-order chi connectivity index (χ1) is 12.9. The highest BCUT2D eigenvalue weighted by Crippen LogP contribution is 2.26. The van der Waals surface area contributed by atoms with E-state index < -0.39 is 11.9 Å². The van der Waals surface area contributed by atoms with E-state index in [9.17, 15) is 14.7 Å². The Morgan fingerprint density at radius 3 is 2.67 bits per heavy atom. The van der Waals surface area contributed by atoms with Gasteiger partial charge in [-0.25, -0.2) is 15.0 Å². The van der Waals surface area contributed by atoms with Crippen molar-refractivity contribution in [3.05, 3.63) is 29.0 Å². The average Bonchev–Trinajstić information content (AvgIpc) is 3.05. The molecule has 1 unspecified atom stereocenters. The van der Waals surface area contributed by atoms with Gasteiger partial charge >= 0.3 is 5.97 Å². The van der Waals surface area contributed by atoms with Crippen molar-refractivity contribution >= 4 is 23.2 Å². The van der Waals surface area contributed by atoms with Gasteiger partial charge in [0, 0.05) is 38.7 Å². The van der Waals surface area contributed by atoms with Crippen LogP contribution in [-0.4, -0.2) is 63.1 Å². The van der Waals surface area contributed by atoms with Crippen LogP contribution in [0.15, 0.2) is 18.5 Å². The molecule has 0 fully saturated rings. The maximum absolute atomic E-state index is 13.1. The molecule has 146 valence electrons. The number of carbonyl (C=O) groups is 2. The molecule has 1 amide bonds. The summed E-state index contributed by atoms with van der Waals surface area (Å²) in [6, 6.07) is 1.71. The number of thiazole rings is 1. The van der Waals surface area contributed by atoms with Crippen molar-refractivity contribution in [2.24, 2.45) is 5.92 Å². The summed E-state index contributed by atoms with van der Waals surface area (Å²) >= 11 is 1.22. The minimum Gasteiger partial charge on any atom is -0.481 e. The van der Waals surface area contributed by atoms with Crippen molar-refractivity contribution in [3.63, 3.8) is 0 Å². The van der Waals surface area contributed by atoms with Crippen LogP contribution in [0.5, 0.6) is 0 Å². The molecule has 0 radical (unpaired) electrons. The predicted octanol–water partition coefficient (Wildman–Crippen LogP) is 2.50. The van der Waals surface area contributed by atoms with Crippen molar-refractivity contribution in [1.29, 1.82) is 0 Å². The lowest BCUT2D eigenvalue weighted by Gasteiger charge is -2.24. The Morgan fingerprint density at radius 2 is 2.04 bits per heavy atom.